The van der Waals surface area contributed by atoms with Crippen molar-refractivity contribution in [3.63, 3.8) is 0 Å². The van der Waals surface area contributed by atoms with Gasteiger partial charge in [-0.15, -0.1) is 0 Å². The molecule has 2 saturated heterocycles. The predicted molar refractivity (Wildman–Crippen MR) is 139 cm³/mol. The van der Waals surface area contributed by atoms with Gasteiger partial charge in [-0.3, -0.25) is 4.79 Å². The smallest absolute Gasteiger partial charge is 0.239 e. The summed E-state index contributed by atoms with van der Waals surface area (Å²) in [5.41, 5.74) is -1.29. The van der Waals surface area contributed by atoms with E-state index in [0.29, 0.717) is 0 Å². The van der Waals surface area contributed by atoms with Crippen molar-refractivity contribution in [3.05, 3.63) is 46.6 Å². The van der Waals surface area contributed by atoms with Gasteiger partial charge < -0.3 is 69.3 Å². The maximum atomic E-state index is 13.6. The van der Waals surface area contributed by atoms with Gasteiger partial charge in [0, 0.05) is 12.1 Å². The fourth-order valence-corrected chi connectivity index (χ4v) is 4.83. The van der Waals surface area contributed by atoms with E-state index in [2.05, 4.69) is 0 Å². The Morgan fingerprint density at radius 1 is 0.786 bits per heavy atom. The van der Waals surface area contributed by atoms with Crippen LogP contribution in [-0.4, -0.2) is 114 Å². The Morgan fingerprint density at radius 3 is 2.17 bits per heavy atom. The minimum atomic E-state index is -1.94. The molecule has 0 spiro atoms. The zero-order valence-corrected chi connectivity index (χ0v) is 21.9. The van der Waals surface area contributed by atoms with E-state index in [-0.39, 0.29) is 22.7 Å². The van der Waals surface area contributed by atoms with Gasteiger partial charge in [-0.2, -0.15) is 0 Å². The minimum absolute atomic E-state index is 0.0431. The second kappa shape index (κ2) is 11.6. The number of ether oxygens (including phenoxy) is 4. The molecule has 2 aliphatic rings. The van der Waals surface area contributed by atoms with Crippen molar-refractivity contribution in [2.24, 2.45) is 0 Å². The molecular weight excluding hydrogens is 564 g/mol. The van der Waals surface area contributed by atoms with E-state index in [4.69, 9.17) is 23.4 Å². The number of hydrogen-bond donors (Lipinski definition) is 9. The van der Waals surface area contributed by atoms with Crippen molar-refractivity contribution < 1.29 is 69.3 Å². The minimum Gasteiger partial charge on any atom is -0.508 e. The van der Waals surface area contributed by atoms with Crippen LogP contribution in [0.4, 0.5) is 0 Å². The first-order chi connectivity index (χ1) is 19.9. The molecule has 10 atom stereocenters. The summed E-state index contributed by atoms with van der Waals surface area (Å²) >= 11 is 0. The van der Waals surface area contributed by atoms with E-state index in [9.17, 15) is 50.8 Å². The zero-order valence-electron chi connectivity index (χ0n) is 21.9. The standard InChI is InChI=1S/C27H30O15/c1-9-17(31)20(34)22(36)26(39-9)38-8-15-18(32)21(35)23(37)27(41-15)42-25-19(33)16-13(30)6-10(28)7-14(16)40-24(25)11-4-2-3-5-12(11)29/h2-7,9,15,17-18,20-23,26-32,34-37H,8H2,1H3/t9-,15+,17-,18+,20+,21+,22+,23-,26+,27-/m0/s1. The van der Waals surface area contributed by atoms with E-state index >= 15 is 0 Å². The zero-order chi connectivity index (χ0) is 30.5. The number of aromatic hydroxyl groups is 3. The first-order valence-electron chi connectivity index (χ1n) is 12.9. The third kappa shape index (κ3) is 5.37. The molecule has 2 fully saturated rings. The fourth-order valence-electron chi connectivity index (χ4n) is 4.83. The van der Waals surface area contributed by atoms with Crippen molar-refractivity contribution in [2.45, 2.75) is 68.3 Å². The monoisotopic (exact) mass is 594 g/mol. The molecular formula is C27H30O15. The Bertz CT molecular complexity index is 1490. The SMILES string of the molecule is C[C@@H]1O[C@@H](OC[C@H]2O[C@@H](Oc3c(-c4ccccc4O)oc4cc(O)cc(O)c4c3=O)[C@@H](O)[C@H](O)[C@@H]2O)[C@H](O)[C@H](O)[C@H]1O. The number of aliphatic hydroxyl groups is 6. The number of fused-ring (bicyclic) bond motifs is 1. The summed E-state index contributed by atoms with van der Waals surface area (Å²) in [6.45, 7) is 0.850. The molecule has 15 nitrogen and oxygen atoms in total. The van der Waals surface area contributed by atoms with Gasteiger partial charge in [0.15, 0.2) is 12.1 Å². The molecule has 1 aromatic heterocycles. The van der Waals surface area contributed by atoms with E-state index in [1.165, 1.54) is 31.2 Å². The number of para-hydroxylation sites is 1. The Morgan fingerprint density at radius 2 is 1.45 bits per heavy atom. The summed E-state index contributed by atoms with van der Waals surface area (Å²) in [6.07, 6.45) is -15.9. The molecule has 5 rings (SSSR count). The van der Waals surface area contributed by atoms with Gasteiger partial charge in [0.2, 0.25) is 17.5 Å². The molecule has 3 aromatic rings. The maximum Gasteiger partial charge on any atom is 0.239 e. The molecule has 42 heavy (non-hydrogen) atoms. The van der Waals surface area contributed by atoms with Crippen molar-refractivity contribution in [1.29, 1.82) is 0 Å². The second-order valence-electron chi connectivity index (χ2n) is 10.1. The Kier molecular flexibility index (Phi) is 8.30. The fraction of sp³-hybridized carbons (Fsp3) is 0.444. The van der Waals surface area contributed by atoms with Gasteiger partial charge in [0.05, 0.1) is 18.3 Å². The van der Waals surface area contributed by atoms with Gasteiger partial charge in [-0.05, 0) is 19.1 Å². The normalized spacial score (nSPS) is 33.5. The topological polar surface area (TPSA) is 249 Å². The third-order valence-electron chi connectivity index (χ3n) is 7.20. The predicted octanol–water partition coefficient (Wildman–Crippen LogP) is -1.39. The highest BCUT2D eigenvalue weighted by Crippen LogP contribution is 2.40. The maximum absolute atomic E-state index is 13.6. The van der Waals surface area contributed by atoms with Crippen LogP contribution in [0.1, 0.15) is 6.92 Å². The van der Waals surface area contributed by atoms with Crippen LogP contribution >= 0.6 is 0 Å². The molecule has 9 N–H and O–H groups in total. The first-order valence-corrected chi connectivity index (χ1v) is 12.9. The van der Waals surface area contributed by atoms with Crippen LogP contribution in [0, 0.1) is 0 Å². The highest BCUT2D eigenvalue weighted by molar-refractivity contribution is 5.88. The van der Waals surface area contributed by atoms with E-state index in [0.717, 1.165) is 12.1 Å². The molecule has 228 valence electrons. The van der Waals surface area contributed by atoms with E-state index in [1.807, 2.05) is 0 Å². The highest BCUT2D eigenvalue weighted by Gasteiger charge is 2.47. The van der Waals surface area contributed by atoms with Crippen LogP contribution in [-0.2, 0) is 14.2 Å². The van der Waals surface area contributed by atoms with Crippen LogP contribution in [0.15, 0.2) is 45.6 Å². The quantitative estimate of drug-likeness (QED) is 0.159. The first kappa shape index (κ1) is 30.0. The lowest BCUT2D eigenvalue weighted by Gasteiger charge is -2.42. The van der Waals surface area contributed by atoms with Gasteiger partial charge in [0.25, 0.3) is 0 Å². The number of phenols is 3. The van der Waals surface area contributed by atoms with Crippen LogP contribution < -0.4 is 10.2 Å². The number of rotatable bonds is 6. The Labute approximate surface area is 236 Å². The molecule has 0 radical (unpaired) electrons. The summed E-state index contributed by atoms with van der Waals surface area (Å²) in [6, 6.07) is 7.63. The van der Waals surface area contributed by atoms with Crippen molar-refractivity contribution in [3.8, 4) is 34.3 Å². The molecule has 15 heteroatoms. The number of hydrogen-bond acceptors (Lipinski definition) is 15. The Hall–Kier alpha value is -3.51. The number of benzene rings is 2. The van der Waals surface area contributed by atoms with Crippen LogP contribution in [0.3, 0.4) is 0 Å². The Balaban J connectivity index is 1.47. The van der Waals surface area contributed by atoms with Crippen LogP contribution in [0.25, 0.3) is 22.3 Å². The largest absolute Gasteiger partial charge is 0.508 e. The van der Waals surface area contributed by atoms with Crippen molar-refractivity contribution >= 4 is 11.0 Å². The molecule has 0 amide bonds. The summed E-state index contributed by atoms with van der Waals surface area (Å²) in [5.74, 6) is -2.45. The third-order valence-corrected chi connectivity index (χ3v) is 7.20. The molecule has 0 unspecified atom stereocenters. The van der Waals surface area contributed by atoms with E-state index in [1.54, 1.807) is 0 Å². The summed E-state index contributed by atoms with van der Waals surface area (Å²) in [4.78, 5) is 13.6. The second-order valence-corrected chi connectivity index (χ2v) is 10.1. The van der Waals surface area contributed by atoms with Crippen LogP contribution in [0.5, 0.6) is 23.0 Å². The lowest BCUT2D eigenvalue weighted by atomic mass is 9.98. The van der Waals surface area contributed by atoms with Crippen LogP contribution in [0.2, 0.25) is 0 Å². The number of phenolic OH excluding ortho intramolecular Hbond substituents is 3. The molecule has 2 aliphatic heterocycles. The van der Waals surface area contributed by atoms with Gasteiger partial charge in [-0.25, -0.2) is 0 Å². The summed E-state index contributed by atoms with van der Waals surface area (Å²) in [5, 5.41) is 92.1. The summed E-state index contributed by atoms with van der Waals surface area (Å²) in [7, 11) is 0. The van der Waals surface area contributed by atoms with Gasteiger partial charge >= 0.3 is 0 Å². The lowest BCUT2D eigenvalue weighted by molar-refractivity contribution is -0.318. The molecule has 0 bridgehead atoms. The molecule has 0 saturated carbocycles. The van der Waals surface area contributed by atoms with Gasteiger partial charge in [-0.1, -0.05) is 12.1 Å². The van der Waals surface area contributed by atoms with Crippen molar-refractivity contribution in [2.75, 3.05) is 6.61 Å². The molecule has 3 heterocycles. The van der Waals surface area contributed by atoms with Crippen molar-refractivity contribution in [1.82, 2.24) is 0 Å². The highest BCUT2D eigenvalue weighted by atomic mass is 16.7. The molecule has 2 aromatic carbocycles. The average molecular weight is 595 g/mol. The summed E-state index contributed by atoms with van der Waals surface area (Å²) < 4.78 is 27.9. The molecule has 0 aliphatic carbocycles. The van der Waals surface area contributed by atoms with E-state index < -0.39 is 96.1 Å². The lowest BCUT2D eigenvalue weighted by Crippen LogP contribution is -2.61. The average Bonchev–Trinajstić information content (AvgIpc) is 2.95. The van der Waals surface area contributed by atoms with Gasteiger partial charge in [0.1, 0.15) is 70.9 Å². The number of aliphatic hydroxyl groups excluding tert-OH is 6.